The number of aliphatic hydroxyl groups excluding tert-OH is 1. The zero-order valence-electron chi connectivity index (χ0n) is 8.59. The highest BCUT2D eigenvalue weighted by atomic mass is 19.4. The number of carbonyl (C=O) groups is 1. The van der Waals surface area contributed by atoms with Gasteiger partial charge >= 0.3 is 18.3 Å². The highest BCUT2D eigenvalue weighted by molar-refractivity contribution is 5.72. The SMILES string of the molecule is O=C(O)C1C(O)CC(C(F)(F)F)NC1C(F)(F)F. The van der Waals surface area contributed by atoms with Crippen LogP contribution in [-0.2, 0) is 4.79 Å². The topological polar surface area (TPSA) is 69.6 Å². The molecule has 0 radical (unpaired) electrons. The van der Waals surface area contributed by atoms with Crippen LogP contribution in [0.3, 0.4) is 0 Å². The zero-order valence-corrected chi connectivity index (χ0v) is 8.59. The van der Waals surface area contributed by atoms with Crippen LogP contribution >= 0.6 is 0 Å². The minimum atomic E-state index is -5.20. The average Bonchev–Trinajstić information content (AvgIpc) is 2.12. The Morgan fingerprint density at radius 3 is 1.94 bits per heavy atom. The molecule has 4 atom stereocenters. The number of piperidine rings is 1. The molecule has 0 amide bonds. The molecule has 0 saturated carbocycles. The number of carboxylic acids is 1. The van der Waals surface area contributed by atoms with Crippen molar-refractivity contribution >= 4 is 5.97 Å². The Morgan fingerprint density at radius 1 is 1.11 bits per heavy atom. The van der Waals surface area contributed by atoms with Gasteiger partial charge in [-0.25, -0.2) is 0 Å². The molecule has 4 unspecified atom stereocenters. The summed E-state index contributed by atoms with van der Waals surface area (Å²) in [6.07, 6.45) is -13.5. The van der Waals surface area contributed by atoms with E-state index < -0.39 is 48.8 Å². The summed E-state index contributed by atoms with van der Waals surface area (Å²) in [4.78, 5) is 10.6. The first kappa shape index (κ1) is 15.0. The van der Waals surface area contributed by atoms with E-state index in [0.29, 0.717) is 0 Å². The Balaban J connectivity index is 3.03. The van der Waals surface area contributed by atoms with E-state index in [4.69, 9.17) is 5.11 Å². The minimum Gasteiger partial charge on any atom is -0.481 e. The quantitative estimate of drug-likeness (QED) is 0.625. The average molecular weight is 281 g/mol. The number of hydrogen-bond donors (Lipinski definition) is 3. The lowest BCUT2D eigenvalue weighted by Gasteiger charge is -2.39. The van der Waals surface area contributed by atoms with Crippen molar-refractivity contribution in [1.82, 2.24) is 5.32 Å². The molecule has 1 saturated heterocycles. The highest BCUT2D eigenvalue weighted by Crippen LogP contribution is 2.36. The number of rotatable bonds is 1. The van der Waals surface area contributed by atoms with Crippen molar-refractivity contribution in [2.75, 3.05) is 0 Å². The molecule has 4 nitrogen and oxygen atoms in total. The van der Waals surface area contributed by atoms with Crippen LogP contribution in [0.15, 0.2) is 0 Å². The van der Waals surface area contributed by atoms with Gasteiger partial charge in [-0.3, -0.25) is 10.1 Å². The summed E-state index contributed by atoms with van der Waals surface area (Å²) < 4.78 is 74.4. The Morgan fingerprint density at radius 2 is 1.61 bits per heavy atom. The van der Waals surface area contributed by atoms with Crippen molar-refractivity contribution in [3.05, 3.63) is 0 Å². The molecule has 0 aliphatic carbocycles. The number of carboxylic acid groups (broad SMARTS) is 1. The summed E-state index contributed by atoms with van der Waals surface area (Å²) in [6, 6.07) is -5.53. The van der Waals surface area contributed by atoms with Gasteiger partial charge in [0.25, 0.3) is 0 Å². The fraction of sp³-hybridized carbons (Fsp3) is 0.875. The molecule has 1 aliphatic rings. The monoisotopic (exact) mass is 281 g/mol. The predicted octanol–water partition coefficient (Wildman–Crippen LogP) is 0.903. The van der Waals surface area contributed by atoms with Crippen LogP contribution in [0.2, 0.25) is 0 Å². The number of hydrogen-bond acceptors (Lipinski definition) is 3. The van der Waals surface area contributed by atoms with E-state index in [1.54, 1.807) is 0 Å². The standard InChI is InChI=1S/C8H9F6NO3/c9-7(10,11)3-1-2(16)4(6(17)18)5(15-3)8(12,13)14/h2-5,15-16H,1H2,(H,17,18). The molecule has 0 bridgehead atoms. The molecule has 1 aliphatic heterocycles. The van der Waals surface area contributed by atoms with Crippen LogP contribution in [-0.4, -0.2) is 46.7 Å². The van der Waals surface area contributed by atoms with Crippen LogP contribution in [0.4, 0.5) is 26.3 Å². The van der Waals surface area contributed by atoms with Gasteiger partial charge in [-0.15, -0.1) is 0 Å². The largest absolute Gasteiger partial charge is 0.481 e. The van der Waals surface area contributed by atoms with Crippen molar-refractivity contribution in [3.8, 4) is 0 Å². The third-order valence-electron chi connectivity index (χ3n) is 2.66. The van der Waals surface area contributed by atoms with Crippen molar-refractivity contribution in [2.45, 2.75) is 37.0 Å². The van der Waals surface area contributed by atoms with E-state index in [0.717, 1.165) is 0 Å². The van der Waals surface area contributed by atoms with Gasteiger partial charge in [0, 0.05) is 0 Å². The summed E-state index contributed by atoms with van der Waals surface area (Å²) in [5.41, 5.74) is 0. The molecule has 1 rings (SSSR count). The third kappa shape index (κ3) is 3.05. The zero-order chi connectivity index (χ0) is 14.3. The summed E-state index contributed by atoms with van der Waals surface area (Å²) in [7, 11) is 0. The number of aliphatic hydroxyl groups is 1. The smallest absolute Gasteiger partial charge is 0.404 e. The van der Waals surface area contributed by atoms with Gasteiger partial charge in [0.15, 0.2) is 0 Å². The van der Waals surface area contributed by atoms with Gasteiger partial charge in [-0.2, -0.15) is 26.3 Å². The van der Waals surface area contributed by atoms with Gasteiger partial charge in [-0.1, -0.05) is 0 Å². The van der Waals surface area contributed by atoms with Gasteiger partial charge in [0.1, 0.15) is 18.0 Å². The maximum atomic E-state index is 12.5. The van der Waals surface area contributed by atoms with Gasteiger partial charge in [0.05, 0.1) is 6.10 Å². The second-order valence-corrected chi connectivity index (χ2v) is 3.95. The van der Waals surface area contributed by atoms with E-state index >= 15 is 0 Å². The summed E-state index contributed by atoms with van der Waals surface area (Å²) in [5.74, 6) is -4.36. The van der Waals surface area contributed by atoms with E-state index in [2.05, 4.69) is 0 Å². The van der Waals surface area contributed by atoms with Crippen molar-refractivity contribution in [1.29, 1.82) is 0 Å². The minimum absolute atomic E-state index is 1.13. The summed E-state index contributed by atoms with van der Waals surface area (Å²) in [6.45, 7) is 0. The maximum Gasteiger partial charge on any atom is 0.404 e. The van der Waals surface area contributed by atoms with Crippen LogP contribution in [0, 0.1) is 5.92 Å². The van der Waals surface area contributed by atoms with Crippen LogP contribution in [0.1, 0.15) is 6.42 Å². The Kier molecular flexibility index (Phi) is 3.82. The highest BCUT2D eigenvalue weighted by Gasteiger charge is 2.58. The van der Waals surface area contributed by atoms with E-state index in [9.17, 15) is 36.2 Å². The molecule has 0 aromatic carbocycles. The third-order valence-corrected chi connectivity index (χ3v) is 2.66. The van der Waals surface area contributed by atoms with Gasteiger partial charge in [-0.05, 0) is 6.42 Å². The van der Waals surface area contributed by atoms with Crippen LogP contribution < -0.4 is 5.32 Å². The lowest BCUT2D eigenvalue weighted by molar-refractivity contribution is -0.224. The molecular formula is C8H9F6NO3. The number of halogens is 6. The Bertz CT molecular complexity index is 328. The van der Waals surface area contributed by atoms with Crippen molar-refractivity contribution in [2.24, 2.45) is 5.92 Å². The van der Waals surface area contributed by atoms with Crippen LogP contribution in [0.25, 0.3) is 0 Å². The Labute approximate surface area is 96.6 Å². The second-order valence-electron chi connectivity index (χ2n) is 3.95. The molecule has 0 spiro atoms. The molecular weight excluding hydrogens is 272 g/mol. The van der Waals surface area contributed by atoms with E-state index in [1.165, 1.54) is 5.32 Å². The van der Waals surface area contributed by atoms with Crippen molar-refractivity contribution in [3.63, 3.8) is 0 Å². The predicted molar refractivity (Wildman–Crippen MR) is 44.6 cm³/mol. The van der Waals surface area contributed by atoms with Crippen molar-refractivity contribution < 1.29 is 41.4 Å². The van der Waals surface area contributed by atoms with Gasteiger partial charge in [0.2, 0.25) is 0 Å². The second kappa shape index (κ2) is 4.57. The van der Waals surface area contributed by atoms with E-state index in [-0.39, 0.29) is 0 Å². The molecule has 18 heavy (non-hydrogen) atoms. The van der Waals surface area contributed by atoms with Gasteiger partial charge < -0.3 is 10.2 Å². The first-order valence-corrected chi connectivity index (χ1v) is 4.75. The van der Waals surface area contributed by atoms with Crippen LogP contribution in [0.5, 0.6) is 0 Å². The lowest BCUT2D eigenvalue weighted by atomic mass is 9.84. The first-order chi connectivity index (χ1) is 7.94. The fourth-order valence-corrected chi connectivity index (χ4v) is 1.83. The Hall–Kier alpha value is -1.03. The normalized spacial score (nSPS) is 34.4. The lowest BCUT2D eigenvalue weighted by Crippen LogP contribution is -2.65. The molecule has 1 fully saturated rings. The molecule has 0 aromatic rings. The number of aliphatic carboxylic acids is 1. The molecule has 106 valence electrons. The first-order valence-electron chi connectivity index (χ1n) is 4.75. The fourth-order valence-electron chi connectivity index (χ4n) is 1.83. The molecule has 10 heteroatoms. The molecule has 1 heterocycles. The maximum absolute atomic E-state index is 12.5. The number of nitrogens with one attached hydrogen (secondary N) is 1. The summed E-state index contributed by atoms with van der Waals surface area (Å²) in [5, 5.41) is 18.9. The summed E-state index contributed by atoms with van der Waals surface area (Å²) >= 11 is 0. The number of alkyl halides is 6. The molecule has 3 N–H and O–H groups in total. The van der Waals surface area contributed by atoms with E-state index in [1.807, 2.05) is 0 Å². The molecule has 0 aromatic heterocycles.